The lowest BCUT2D eigenvalue weighted by Gasteiger charge is -2.25. The van der Waals surface area contributed by atoms with Crippen LogP contribution in [0.4, 0.5) is 5.69 Å². The summed E-state index contributed by atoms with van der Waals surface area (Å²) in [6.45, 7) is 2.94. The number of carbonyl (C=O) groups excluding carboxylic acids is 1. The van der Waals surface area contributed by atoms with Crippen molar-refractivity contribution in [3.8, 4) is 0 Å². The average Bonchev–Trinajstić information content (AvgIpc) is 2.74. The van der Waals surface area contributed by atoms with Gasteiger partial charge < -0.3 is 10.6 Å². The van der Waals surface area contributed by atoms with Crippen LogP contribution in [-0.4, -0.2) is 19.0 Å². The van der Waals surface area contributed by atoms with Gasteiger partial charge in [0.2, 0.25) is 5.91 Å². The first-order chi connectivity index (χ1) is 14.0. The molecule has 0 saturated heterocycles. The zero-order valence-electron chi connectivity index (χ0n) is 16.2. The summed E-state index contributed by atoms with van der Waals surface area (Å²) in [5, 5.41) is 7.58. The maximum atomic E-state index is 12.4. The summed E-state index contributed by atoms with van der Waals surface area (Å²) in [7, 11) is 0. The fourth-order valence-electron chi connectivity index (χ4n) is 3.32. The van der Waals surface area contributed by atoms with Crippen molar-refractivity contribution in [1.82, 2.24) is 5.32 Å². The van der Waals surface area contributed by atoms with Crippen LogP contribution in [-0.2, 0) is 4.79 Å². The van der Waals surface area contributed by atoms with Crippen molar-refractivity contribution in [1.29, 1.82) is 0 Å². The topological polar surface area (TPSA) is 41.1 Å². The van der Waals surface area contributed by atoms with Gasteiger partial charge >= 0.3 is 0 Å². The van der Waals surface area contributed by atoms with E-state index in [1.165, 1.54) is 11.1 Å². The van der Waals surface area contributed by atoms with Gasteiger partial charge in [0, 0.05) is 28.2 Å². The van der Waals surface area contributed by atoms with Gasteiger partial charge in [-0.3, -0.25) is 4.79 Å². The van der Waals surface area contributed by atoms with Gasteiger partial charge in [-0.15, -0.1) is 0 Å². The monoisotopic (exact) mass is 426 g/mol. The highest BCUT2D eigenvalue weighted by atomic mass is 35.5. The summed E-state index contributed by atoms with van der Waals surface area (Å²) in [4.78, 5) is 12.4. The Bertz CT molecular complexity index is 912. The van der Waals surface area contributed by atoms with Crippen molar-refractivity contribution in [2.75, 3.05) is 18.4 Å². The van der Waals surface area contributed by atoms with E-state index >= 15 is 0 Å². The molecule has 2 atom stereocenters. The molecule has 5 heteroatoms. The number of halogens is 2. The van der Waals surface area contributed by atoms with Gasteiger partial charge in [-0.2, -0.15) is 0 Å². The van der Waals surface area contributed by atoms with E-state index in [1.54, 1.807) is 12.1 Å². The highest BCUT2D eigenvalue weighted by molar-refractivity contribution is 6.30. The highest BCUT2D eigenvalue weighted by Crippen LogP contribution is 2.32. The van der Waals surface area contributed by atoms with Gasteiger partial charge in [-0.25, -0.2) is 0 Å². The lowest BCUT2D eigenvalue weighted by Crippen LogP contribution is -2.34. The Morgan fingerprint density at radius 1 is 0.828 bits per heavy atom. The van der Waals surface area contributed by atoms with Crippen molar-refractivity contribution in [2.45, 2.75) is 18.8 Å². The second-order valence-electron chi connectivity index (χ2n) is 7.02. The molecule has 3 nitrogen and oxygen atoms in total. The lowest BCUT2D eigenvalue weighted by molar-refractivity contribution is -0.119. The molecule has 150 valence electrons. The fourth-order valence-corrected chi connectivity index (χ4v) is 3.57. The average molecular weight is 427 g/mol. The van der Waals surface area contributed by atoms with Crippen LogP contribution in [0.15, 0.2) is 78.9 Å². The lowest BCUT2D eigenvalue weighted by atomic mass is 9.82. The first kappa shape index (κ1) is 21.2. The fraction of sp³-hybridized carbons (Fsp3) is 0.208. The molecule has 29 heavy (non-hydrogen) atoms. The molecule has 0 aromatic heterocycles. The van der Waals surface area contributed by atoms with Gasteiger partial charge in [-0.05, 0) is 53.4 Å². The molecule has 0 saturated carbocycles. The predicted molar refractivity (Wildman–Crippen MR) is 122 cm³/mol. The van der Waals surface area contributed by atoms with Crippen molar-refractivity contribution >= 4 is 34.8 Å². The molecule has 1 amide bonds. The highest BCUT2D eigenvalue weighted by Gasteiger charge is 2.21. The van der Waals surface area contributed by atoms with E-state index in [9.17, 15) is 4.79 Å². The van der Waals surface area contributed by atoms with Crippen molar-refractivity contribution in [2.24, 2.45) is 0 Å². The Labute approximate surface area is 182 Å². The molecule has 0 aliphatic carbocycles. The maximum absolute atomic E-state index is 12.4. The Balaban J connectivity index is 1.64. The van der Waals surface area contributed by atoms with Gasteiger partial charge in [0.05, 0.1) is 6.54 Å². The SMILES string of the molecule is CC(c1ccc(Cl)cc1)C(CNC(=O)CNc1ccc(Cl)cc1)c1ccccc1. The zero-order chi connectivity index (χ0) is 20.6. The van der Waals surface area contributed by atoms with Crippen LogP contribution in [0.25, 0.3) is 0 Å². The molecular formula is C24H24Cl2N2O. The summed E-state index contributed by atoms with van der Waals surface area (Å²) in [5.41, 5.74) is 3.25. The van der Waals surface area contributed by atoms with Crippen LogP contribution >= 0.6 is 23.2 Å². The van der Waals surface area contributed by atoms with E-state index in [4.69, 9.17) is 23.2 Å². The normalized spacial score (nSPS) is 12.8. The first-order valence-electron chi connectivity index (χ1n) is 9.59. The van der Waals surface area contributed by atoms with Crippen molar-refractivity contribution in [3.63, 3.8) is 0 Å². The van der Waals surface area contributed by atoms with Crippen molar-refractivity contribution < 1.29 is 4.79 Å². The molecule has 0 heterocycles. The molecule has 0 aliphatic heterocycles. The Morgan fingerprint density at radius 2 is 1.41 bits per heavy atom. The van der Waals surface area contributed by atoms with E-state index in [2.05, 4.69) is 29.7 Å². The standard InChI is InChI=1S/C24H24Cl2N2O/c1-17(18-7-9-20(25)10-8-18)23(19-5-3-2-4-6-19)15-28-24(29)16-27-22-13-11-21(26)12-14-22/h2-14,17,23,27H,15-16H2,1H3,(H,28,29). The number of anilines is 1. The summed E-state index contributed by atoms with van der Waals surface area (Å²) >= 11 is 11.9. The molecular weight excluding hydrogens is 403 g/mol. The molecule has 3 aromatic rings. The van der Waals surface area contributed by atoms with Crippen LogP contribution in [0.5, 0.6) is 0 Å². The van der Waals surface area contributed by atoms with Crippen LogP contribution in [0.2, 0.25) is 10.0 Å². The molecule has 0 bridgehead atoms. The van der Waals surface area contributed by atoms with Gasteiger partial charge in [0.1, 0.15) is 0 Å². The number of hydrogen-bond acceptors (Lipinski definition) is 2. The molecule has 3 rings (SSSR count). The molecule has 3 aromatic carbocycles. The minimum Gasteiger partial charge on any atom is -0.376 e. The van der Waals surface area contributed by atoms with Crippen LogP contribution in [0, 0.1) is 0 Å². The predicted octanol–water partition coefficient (Wildman–Crippen LogP) is 6.11. The summed E-state index contributed by atoms with van der Waals surface area (Å²) in [6.07, 6.45) is 0. The molecule has 0 aliphatic rings. The van der Waals surface area contributed by atoms with E-state index in [-0.39, 0.29) is 24.3 Å². The number of benzene rings is 3. The summed E-state index contributed by atoms with van der Waals surface area (Å²) in [5.74, 6) is 0.320. The quantitative estimate of drug-likeness (QED) is 0.456. The largest absolute Gasteiger partial charge is 0.376 e. The zero-order valence-corrected chi connectivity index (χ0v) is 17.8. The summed E-state index contributed by atoms with van der Waals surface area (Å²) < 4.78 is 0. The van der Waals surface area contributed by atoms with Gasteiger partial charge in [0.15, 0.2) is 0 Å². The van der Waals surface area contributed by atoms with Crippen LogP contribution < -0.4 is 10.6 Å². The smallest absolute Gasteiger partial charge is 0.239 e. The number of carbonyl (C=O) groups is 1. The van der Waals surface area contributed by atoms with Crippen LogP contribution in [0.1, 0.15) is 29.9 Å². The molecule has 0 spiro atoms. The van der Waals surface area contributed by atoms with Gasteiger partial charge in [0.25, 0.3) is 0 Å². The third-order valence-corrected chi connectivity index (χ3v) is 5.55. The van der Waals surface area contributed by atoms with E-state index in [0.717, 1.165) is 10.7 Å². The minimum absolute atomic E-state index is 0.0517. The Morgan fingerprint density at radius 3 is 2.03 bits per heavy atom. The Hall–Kier alpha value is -2.49. The molecule has 0 fully saturated rings. The van der Waals surface area contributed by atoms with Crippen molar-refractivity contribution in [3.05, 3.63) is 100 Å². The molecule has 0 radical (unpaired) electrons. The van der Waals surface area contributed by atoms with Gasteiger partial charge in [-0.1, -0.05) is 72.6 Å². The number of rotatable bonds is 8. The first-order valence-corrected chi connectivity index (χ1v) is 10.3. The second kappa shape index (κ2) is 10.3. The number of nitrogens with one attached hydrogen (secondary N) is 2. The van der Waals surface area contributed by atoms with E-state index in [0.29, 0.717) is 11.6 Å². The summed E-state index contributed by atoms with van der Waals surface area (Å²) in [6, 6.07) is 25.5. The van der Waals surface area contributed by atoms with E-state index < -0.39 is 0 Å². The second-order valence-corrected chi connectivity index (χ2v) is 7.89. The molecule has 2 unspecified atom stereocenters. The third-order valence-electron chi connectivity index (χ3n) is 5.04. The minimum atomic E-state index is -0.0517. The Kier molecular flexibility index (Phi) is 7.56. The maximum Gasteiger partial charge on any atom is 0.239 e. The third kappa shape index (κ3) is 6.25. The van der Waals surface area contributed by atoms with Crippen LogP contribution in [0.3, 0.4) is 0 Å². The molecule has 2 N–H and O–H groups in total. The number of hydrogen-bond donors (Lipinski definition) is 2. The van der Waals surface area contributed by atoms with E-state index in [1.807, 2.05) is 54.6 Å². The number of amides is 1.